The van der Waals surface area contributed by atoms with Gasteiger partial charge in [0.05, 0.1) is 4.90 Å². The fourth-order valence-electron chi connectivity index (χ4n) is 3.78. The van der Waals surface area contributed by atoms with E-state index in [2.05, 4.69) is 10.0 Å². The van der Waals surface area contributed by atoms with Crippen LogP contribution in [0.2, 0.25) is 0 Å². The molecule has 4 rings (SSSR count). The molecule has 1 heterocycles. The zero-order chi connectivity index (χ0) is 24.1. The second-order valence-electron chi connectivity index (χ2n) is 8.04. The van der Waals surface area contributed by atoms with Crippen LogP contribution in [0.1, 0.15) is 33.6 Å². The molecule has 0 unspecified atom stereocenters. The van der Waals surface area contributed by atoms with Gasteiger partial charge in [0, 0.05) is 35.9 Å². The smallest absolute Gasteiger partial charge is 0.261 e. The highest BCUT2D eigenvalue weighted by Crippen LogP contribution is 2.19. The van der Waals surface area contributed by atoms with Gasteiger partial charge >= 0.3 is 0 Å². The van der Waals surface area contributed by atoms with Crippen LogP contribution in [0.4, 0.5) is 10.1 Å². The van der Waals surface area contributed by atoms with Crippen molar-refractivity contribution in [1.82, 2.24) is 10.2 Å². The first kappa shape index (κ1) is 23.4. The number of sulfonamides is 1. The summed E-state index contributed by atoms with van der Waals surface area (Å²) in [5.74, 6) is -0.784. The number of carbonyl (C=O) groups excluding carboxylic acids is 2. The first-order valence-electron chi connectivity index (χ1n) is 10.9. The third-order valence-corrected chi connectivity index (χ3v) is 7.06. The molecule has 2 N–H and O–H groups in total. The second-order valence-corrected chi connectivity index (χ2v) is 9.73. The molecule has 3 aromatic rings. The summed E-state index contributed by atoms with van der Waals surface area (Å²) in [6.45, 7) is 0.982. The molecule has 1 fully saturated rings. The van der Waals surface area contributed by atoms with E-state index in [1.165, 1.54) is 36.4 Å². The molecule has 0 saturated carbocycles. The highest BCUT2D eigenvalue weighted by molar-refractivity contribution is 7.92. The Hall–Kier alpha value is -3.72. The molecule has 0 aliphatic carbocycles. The van der Waals surface area contributed by atoms with Crippen LogP contribution in [0.3, 0.4) is 0 Å². The van der Waals surface area contributed by atoms with Gasteiger partial charge in [-0.2, -0.15) is 0 Å². The minimum atomic E-state index is -3.87. The fraction of sp³-hybridized carbons (Fsp3) is 0.200. The monoisotopic (exact) mass is 481 g/mol. The number of nitrogens with one attached hydrogen (secondary N) is 2. The van der Waals surface area contributed by atoms with Crippen LogP contribution < -0.4 is 10.0 Å². The van der Waals surface area contributed by atoms with E-state index >= 15 is 0 Å². The summed E-state index contributed by atoms with van der Waals surface area (Å²) < 4.78 is 40.5. The maximum absolute atomic E-state index is 13.0. The lowest BCUT2D eigenvalue weighted by atomic mass is 10.0. The third-order valence-electron chi connectivity index (χ3n) is 5.66. The average molecular weight is 482 g/mol. The lowest BCUT2D eigenvalue weighted by Crippen LogP contribution is -2.46. The van der Waals surface area contributed by atoms with Crippen LogP contribution in [0, 0.1) is 5.82 Å². The van der Waals surface area contributed by atoms with Crippen molar-refractivity contribution in [2.45, 2.75) is 23.8 Å². The molecule has 7 nitrogen and oxygen atoms in total. The van der Waals surface area contributed by atoms with Gasteiger partial charge in [-0.1, -0.05) is 18.2 Å². The summed E-state index contributed by atoms with van der Waals surface area (Å²) in [5.41, 5.74) is 1.22. The molecule has 34 heavy (non-hydrogen) atoms. The maximum Gasteiger partial charge on any atom is 0.261 e. The molecule has 1 aliphatic heterocycles. The molecule has 0 aromatic heterocycles. The maximum atomic E-state index is 13.0. The Morgan fingerprint density at radius 1 is 0.824 bits per heavy atom. The molecule has 0 bridgehead atoms. The SMILES string of the molecule is O=C(NC1CCN(C(=O)c2ccc(S(=O)(=O)Nc3ccc(F)cc3)cc2)CC1)c1ccccc1. The summed E-state index contributed by atoms with van der Waals surface area (Å²) in [7, 11) is -3.87. The van der Waals surface area contributed by atoms with Gasteiger partial charge in [0.2, 0.25) is 0 Å². The predicted octanol–water partition coefficient (Wildman–Crippen LogP) is 3.66. The van der Waals surface area contributed by atoms with E-state index < -0.39 is 15.8 Å². The number of hydrogen-bond donors (Lipinski definition) is 2. The van der Waals surface area contributed by atoms with Gasteiger partial charge in [0.15, 0.2) is 0 Å². The van der Waals surface area contributed by atoms with Gasteiger partial charge in [0.25, 0.3) is 21.8 Å². The van der Waals surface area contributed by atoms with Gasteiger partial charge < -0.3 is 10.2 Å². The first-order chi connectivity index (χ1) is 16.3. The van der Waals surface area contributed by atoms with Crippen molar-refractivity contribution >= 4 is 27.5 Å². The quantitative estimate of drug-likeness (QED) is 0.562. The number of amides is 2. The first-order valence-corrected chi connectivity index (χ1v) is 12.3. The highest BCUT2D eigenvalue weighted by atomic mass is 32.2. The fourth-order valence-corrected chi connectivity index (χ4v) is 4.84. The topological polar surface area (TPSA) is 95.6 Å². The summed E-state index contributed by atoms with van der Waals surface area (Å²) in [6, 6.07) is 19.6. The molecule has 3 aromatic carbocycles. The van der Waals surface area contributed by atoms with Crippen LogP contribution in [0.25, 0.3) is 0 Å². The summed E-state index contributed by atoms with van der Waals surface area (Å²) in [5, 5.41) is 3.01. The number of rotatable bonds is 6. The molecule has 1 aliphatic rings. The van der Waals surface area contributed by atoms with E-state index in [0.29, 0.717) is 37.1 Å². The van der Waals surface area contributed by atoms with Crippen LogP contribution in [-0.4, -0.2) is 44.3 Å². The number of hydrogen-bond acceptors (Lipinski definition) is 4. The largest absolute Gasteiger partial charge is 0.349 e. The molecule has 176 valence electrons. The Bertz CT molecular complexity index is 1260. The molecule has 0 radical (unpaired) electrons. The summed E-state index contributed by atoms with van der Waals surface area (Å²) >= 11 is 0. The minimum Gasteiger partial charge on any atom is -0.349 e. The Morgan fingerprint density at radius 2 is 1.44 bits per heavy atom. The molecular weight excluding hydrogens is 457 g/mol. The Balaban J connectivity index is 1.33. The Kier molecular flexibility index (Phi) is 6.93. The Labute approximate surface area is 197 Å². The molecule has 0 spiro atoms. The molecule has 1 saturated heterocycles. The van der Waals surface area contributed by atoms with Crippen LogP contribution >= 0.6 is 0 Å². The van der Waals surface area contributed by atoms with Crippen LogP contribution in [0.15, 0.2) is 83.8 Å². The summed E-state index contributed by atoms with van der Waals surface area (Å²) in [6.07, 6.45) is 1.27. The number of nitrogens with zero attached hydrogens (tertiary/aromatic N) is 1. The zero-order valence-corrected chi connectivity index (χ0v) is 19.1. The van der Waals surface area contributed by atoms with Gasteiger partial charge in [-0.15, -0.1) is 0 Å². The number of halogens is 1. The van der Waals surface area contributed by atoms with E-state index in [0.717, 1.165) is 12.1 Å². The van der Waals surface area contributed by atoms with Crippen LogP contribution in [-0.2, 0) is 10.0 Å². The standard InChI is InChI=1S/C25H24FN3O4S/c26-20-8-10-22(11-9-20)28-34(32,33)23-12-6-19(7-13-23)25(31)29-16-14-21(15-17-29)27-24(30)18-4-2-1-3-5-18/h1-13,21,28H,14-17H2,(H,27,30). The van der Waals surface area contributed by atoms with Crippen molar-refractivity contribution in [3.8, 4) is 0 Å². The van der Waals surface area contributed by atoms with Gasteiger partial charge in [-0.05, 0) is 73.5 Å². The van der Waals surface area contributed by atoms with Crippen molar-refractivity contribution in [2.24, 2.45) is 0 Å². The number of anilines is 1. The second kappa shape index (κ2) is 10.0. The van der Waals surface area contributed by atoms with Crippen molar-refractivity contribution in [2.75, 3.05) is 17.8 Å². The summed E-state index contributed by atoms with van der Waals surface area (Å²) in [4.78, 5) is 26.9. The predicted molar refractivity (Wildman–Crippen MR) is 126 cm³/mol. The van der Waals surface area contributed by atoms with E-state index in [9.17, 15) is 22.4 Å². The lowest BCUT2D eigenvalue weighted by molar-refractivity contribution is 0.0698. The Morgan fingerprint density at radius 3 is 2.06 bits per heavy atom. The molecule has 2 amide bonds. The number of likely N-dealkylation sites (tertiary alicyclic amines) is 1. The van der Waals surface area contributed by atoms with Gasteiger partial charge in [-0.25, -0.2) is 12.8 Å². The van der Waals surface area contributed by atoms with Crippen molar-refractivity contribution in [1.29, 1.82) is 0 Å². The number of piperidine rings is 1. The van der Waals surface area contributed by atoms with E-state index in [-0.39, 0.29) is 28.4 Å². The normalized spacial score (nSPS) is 14.4. The third kappa shape index (κ3) is 5.60. The average Bonchev–Trinajstić information content (AvgIpc) is 2.86. The number of carbonyl (C=O) groups is 2. The van der Waals surface area contributed by atoms with E-state index in [1.54, 1.807) is 17.0 Å². The minimum absolute atomic E-state index is 0.00397. The van der Waals surface area contributed by atoms with E-state index in [1.807, 2.05) is 18.2 Å². The van der Waals surface area contributed by atoms with Crippen molar-refractivity contribution < 1.29 is 22.4 Å². The lowest BCUT2D eigenvalue weighted by Gasteiger charge is -2.32. The molecular formula is C25H24FN3O4S. The van der Waals surface area contributed by atoms with E-state index in [4.69, 9.17) is 0 Å². The van der Waals surface area contributed by atoms with Gasteiger partial charge in [-0.3, -0.25) is 14.3 Å². The van der Waals surface area contributed by atoms with Crippen LogP contribution in [0.5, 0.6) is 0 Å². The highest BCUT2D eigenvalue weighted by Gasteiger charge is 2.25. The van der Waals surface area contributed by atoms with Gasteiger partial charge in [0.1, 0.15) is 5.82 Å². The molecule has 9 heteroatoms. The molecule has 0 atom stereocenters. The zero-order valence-electron chi connectivity index (χ0n) is 18.3. The van der Waals surface area contributed by atoms with Crippen molar-refractivity contribution in [3.05, 3.63) is 95.8 Å². The van der Waals surface area contributed by atoms with Crippen molar-refractivity contribution in [3.63, 3.8) is 0 Å². The number of benzene rings is 3.